The Balaban J connectivity index is 1.75. The summed E-state index contributed by atoms with van der Waals surface area (Å²) in [6.45, 7) is 6.42. The fourth-order valence-corrected chi connectivity index (χ4v) is 4.28. The van der Waals surface area contributed by atoms with Gasteiger partial charge in [0.25, 0.3) is 0 Å². The number of anilines is 1. The summed E-state index contributed by atoms with van der Waals surface area (Å²) in [5.74, 6) is -0.173. The van der Waals surface area contributed by atoms with E-state index in [2.05, 4.69) is 30.1 Å². The number of piperazine rings is 1. The largest absolute Gasteiger partial charge is 0.396 e. The van der Waals surface area contributed by atoms with E-state index in [1.807, 2.05) is 0 Å². The molecule has 0 unspecified atom stereocenters. The maximum atomic E-state index is 12.4. The summed E-state index contributed by atoms with van der Waals surface area (Å²) in [5.41, 5.74) is 4.17. The highest BCUT2D eigenvalue weighted by atomic mass is 16.3. The molecule has 2 amide bonds. The lowest BCUT2D eigenvalue weighted by Crippen LogP contribution is -2.53. The minimum absolute atomic E-state index is 0.0273. The van der Waals surface area contributed by atoms with E-state index < -0.39 is 11.8 Å². The number of nitrogens with one attached hydrogen (secondary N) is 1. The molecule has 30 heavy (non-hydrogen) atoms. The number of nitriles is 1. The lowest BCUT2D eigenvalue weighted by molar-refractivity contribution is -0.146. The molecule has 8 nitrogen and oxygen atoms in total. The Morgan fingerprint density at radius 1 is 1.17 bits per heavy atom. The molecule has 0 spiro atoms. The monoisotopic (exact) mass is 413 g/mol. The van der Waals surface area contributed by atoms with E-state index in [4.69, 9.17) is 10.1 Å². The van der Waals surface area contributed by atoms with Crippen LogP contribution in [0.5, 0.6) is 0 Å². The Morgan fingerprint density at radius 3 is 2.43 bits per heavy atom. The number of aliphatic hydroxyl groups is 1. The van der Waals surface area contributed by atoms with Crippen molar-refractivity contribution in [2.24, 2.45) is 0 Å². The van der Waals surface area contributed by atoms with Gasteiger partial charge >= 0.3 is 11.8 Å². The molecule has 2 N–H and O–H groups in total. The third-order valence-electron chi connectivity index (χ3n) is 5.87. The molecule has 8 heteroatoms. The van der Waals surface area contributed by atoms with Crippen molar-refractivity contribution in [1.29, 1.82) is 5.26 Å². The summed E-state index contributed by atoms with van der Waals surface area (Å²) in [6.07, 6.45) is 4.56. The van der Waals surface area contributed by atoms with Gasteiger partial charge in [-0.25, -0.2) is 4.98 Å². The smallest absolute Gasteiger partial charge is 0.312 e. The van der Waals surface area contributed by atoms with Crippen LogP contribution in [0.3, 0.4) is 0 Å². The van der Waals surface area contributed by atoms with E-state index in [0.717, 1.165) is 42.8 Å². The molecule has 0 aromatic carbocycles. The number of hydrogen-bond donors (Lipinski definition) is 2. The molecule has 1 aliphatic carbocycles. The van der Waals surface area contributed by atoms with E-state index in [1.165, 1.54) is 5.56 Å². The van der Waals surface area contributed by atoms with Crippen LogP contribution in [0.2, 0.25) is 0 Å². The van der Waals surface area contributed by atoms with Crippen molar-refractivity contribution < 1.29 is 14.7 Å². The first-order valence-corrected chi connectivity index (χ1v) is 10.9. The number of aliphatic hydroxyl groups excluding tert-OH is 1. The minimum Gasteiger partial charge on any atom is -0.396 e. The van der Waals surface area contributed by atoms with Gasteiger partial charge in [-0.3, -0.25) is 9.59 Å². The average Bonchev–Trinajstić information content (AvgIpc) is 2.77. The topological polar surface area (TPSA) is 110 Å². The van der Waals surface area contributed by atoms with Gasteiger partial charge in [-0.2, -0.15) is 5.26 Å². The fourth-order valence-electron chi connectivity index (χ4n) is 4.28. The number of carbonyl (C=O) groups excluding carboxylic acids is 2. The van der Waals surface area contributed by atoms with Crippen LogP contribution in [0.25, 0.3) is 0 Å². The van der Waals surface area contributed by atoms with E-state index in [1.54, 1.807) is 4.90 Å². The Labute approximate surface area is 177 Å². The lowest BCUT2D eigenvalue weighted by Gasteiger charge is -2.36. The summed E-state index contributed by atoms with van der Waals surface area (Å²) in [7, 11) is 0. The summed E-state index contributed by atoms with van der Waals surface area (Å²) < 4.78 is 0. The maximum absolute atomic E-state index is 12.4. The van der Waals surface area contributed by atoms with E-state index in [9.17, 15) is 14.9 Å². The first-order valence-electron chi connectivity index (χ1n) is 10.9. The van der Waals surface area contributed by atoms with E-state index >= 15 is 0 Å². The molecular weight excluding hydrogens is 382 g/mol. The second-order valence-electron chi connectivity index (χ2n) is 8.24. The number of rotatable bonds is 5. The lowest BCUT2D eigenvalue weighted by atomic mass is 9.85. The highest BCUT2D eigenvalue weighted by Crippen LogP contribution is 2.35. The Bertz CT molecular complexity index is 838. The highest BCUT2D eigenvalue weighted by Gasteiger charge is 2.30. The predicted molar refractivity (Wildman–Crippen MR) is 113 cm³/mol. The van der Waals surface area contributed by atoms with E-state index in [-0.39, 0.29) is 19.1 Å². The summed E-state index contributed by atoms with van der Waals surface area (Å²) in [5, 5.41) is 21.2. The van der Waals surface area contributed by atoms with Gasteiger partial charge in [0.2, 0.25) is 0 Å². The molecule has 0 radical (unpaired) electrons. The third kappa shape index (κ3) is 4.57. The number of pyridine rings is 1. The SMILES string of the molecule is CC(C)c1nc(N2CCN(C(=O)C(=O)NCCCO)CC2)c(C#N)c2c1CCCC2. The maximum Gasteiger partial charge on any atom is 0.312 e. The Morgan fingerprint density at radius 2 is 1.83 bits per heavy atom. The molecule has 2 aliphatic rings. The van der Waals surface area contributed by atoms with Crippen LogP contribution in [0.15, 0.2) is 0 Å². The number of amides is 2. The van der Waals surface area contributed by atoms with Crippen molar-refractivity contribution in [1.82, 2.24) is 15.2 Å². The van der Waals surface area contributed by atoms with Crippen molar-refractivity contribution in [2.75, 3.05) is 44.2 Å². The Hall–Kier alpha value is -2.66. The van der Waals surface area contributed by atoms with Crippen molar-refractivity contribution in [3.8, 4) is 6.07 Å². The van der Waals surface area contributed by atoms with Crippen LogP contribution in [0.1, 0.15) is 61.4 Å². The summed E-state index contributed by atoms with van der Waals surface area (Å²) in [6, 6.07) is 2.40. The summed E-state index contributed by atoms with van der Waals surface area (Å²) >= 11 is 0. The van der Waals surface area contributed by atoms with Gasteiger partial charge in [-0.05, 0) is 49.1 Å². The highest BCUT2D eigenvalue weighted by molar-refractivity contribution is 6.35. The molecule has 0 atom stereocenters. The van der Waals surface area contributed by atoms with Crippen LogP contribution in [-0.2, 0) is 22.4 Å². The molecular formula is C22H31N5O3. The van der Waals surface area contributed by atoms with Crippen LogP contribution in [-0.4, -0.2) is 66.1 Å². The second kappa shape index (κ2) is 9.90. The van der Waals surface area contributed by atoms with Gasteiger partial charge in [0.05, 0.1) is 5.56 Å². The number of nitrogens with zero attached hydrogens (tertiary/aromatic N) is 4. The zero-order chi connectivity index (χ0) is 21.7. The normalized spacial score (nSPS) is 16.2. The summed E-state index contributed by atoms with van der Waals surface area (Å²) in [4.78, 5) is 32.9. The van der Waals surface area contributed by atoms with Crippen LogP contribution < -0.4 is 10.2 Å². The first kappa shape index (κ1) is 22.0. The third-order valence-corrected chi connectivity index (χ3v) is 5.87. The standard InChI is InChI=1S/C22H31N5O3/c1-15(2)19-17-7-4-3-6-16(17)18(14-23)20(25-19)26-9-11-27(12-10-26)22(30)21(29)24-8-5-13-28/h15,28H,3-13H2,1-2H3,(H,24,29). The molecule has 0 saturated carbocycles. The van der Waals surface area contributed by atoms with Crippen molar-refractivity contribution in [3.63, 3.8) is 0 Å². The molecule has 0 bridgehead atoms. The van der Waals surface area contributed by atoms with Gasteiger partial charge in [-0.15, -0.1) is 0 Å². The van der Waals surface area contributed by atoms with Gasteiger partial charge in [0.1, 0.15) is 11.9 Å². The molecule has 1 aliphatic heterocycles. The van der Waals surface area contributed by atoms with Gasteiger partial charge < -0.3 is 20.2 Å². The minimum atomic E-state index is -0.636. The zero-order valence-electron chi connectivity index (χ0n) is 17.9. The fraction of sp³-hybridized carbons (Fsp3) is 0.636. The van der Waals surface area contributed by atoms with Crippen LogP contribution >= 0.6 is 0 Å². The van der Waals surface area contributed by atoms with Crippen molar-refractivity contribution in [2.45, 2.75) is 51.9 Å². The second-order valence-corrected chi connectivity index (χ2v) is 8.24. The molecule has 1 fully saturated rings. The van der Waals surface area contributed by atoms with E-state index in [0.29, 0.717) is 38.2 Å². The first-order chi connectivity index (χ1) is 14.5. The molecule has 3 rings (SSSR count). The number of hydrogen-bond acceptors (Lipinski definition) is 6. The zero-order valence-corrected chi connectivity index (χ0v) is 17.9. The van der Waals surface area contributed by atoms with Crippen molar-refractivity contribution >= 4 is 17.6 Å². The van der Waals surface area contributed by atoms with Crippen LogP contribution in [0, 0.1) is 11.3 Å². The van der Waals surface area contributed by atoms with Gasteiger partial charge in [0.15, 0.2) is 0 Å². The number of aromatic nitrogens is 1. The average molecular weight is 414 g/mol. The number of carbonyl (C=O) groups is 2. The Kier molecular flexibility index (Phi) is 7.27. The molecule has 1 aromatic heterocycles. The molecule has 1 aromatic rings. The quantitative estimate of drug-likeness (QED) is 0.553. The number of fused-ring (bicyclic) bond motifs is 1. The predicted octanol–water partition coefficient (Wildman–Crippen LogP) is 1.10. The molecule has 162 valence electrons. The van der Waals surface area contributed by atoms with Crippen molar-refractivity contribution in [3.05, 3.63) is 22.4 Å². The van der Waals surface area contributed by atoms with Gasteiger partial charge in [0, 0.05) is 45.0 Å². The molecule has 2 heterocycles. The van der Waals surface area contributed by atoms with Gasteiger partial charge in [-0.1, -0.05) is 13.8 Å². The molecule has 1 saturated heterocycles. The van der Waals surface area contributed by atoms with Crippen LogP contribution in [0.4, 0.5) is 5.82 Å².